The molecule has 0 atom stereocenters. The van der Waals surface area contributed by atoms with Gasteiger partial charge in [-0.2, -0.15) is 0 Å². The molecule has 0 aliphatic rings. The maximum atomic E-state index is 12.2. The zero-order valence-corrected chi connectivity index (χ0v) is 13.4. The highest BCUT2D eigenvalue weighted by Gasteiger charge is 2.10. The lowest BCUT2D eigenvalue weighted by atomic mass is 10.0. The fraction of sp³-hybridized carbons (Fsp3) is 0. The number of hydrogen-bond donors (Lipinski definition) is 1. The van der Waals surface area contributed by atoms with Crippen LogP contribution in [0.4, 0.5) is 0 Å². The Bertz CT molecular complexity index is 1090. The van der Waals surface area contributed by atoms with Crippen LogP contribution in [0.25, 0.3) is 33.4 Å². The van der Waals surface area contributed by atoms with Crippen molar-refractivity contribution in [3.63, 3.8) is 0 Å². The molecule has 0 amide bonds. The van der Waals surface area contributed by atoms with Gasteiger partial charge in [-0.3, -0.25) is 4.79 Å². The molecule has 0 fully saturated rings. The van der Waals surface area contributed by atoms with Crippen LogP contribution >= 0.6 is 11.6 Å². The summed E-state index contributed by atoms with van der Waals surface area (Å²) >= 11 is 6.46. The fourth-order valence-electron chi connectivity index (χ4n) is 2.73. The quantitative estimate of drug-likeness (QED) is 0.567. The number of para-hydroxylation sites is 1. The molecule has 116 valence electrons. The van der Waals surface area contributed by atoms with Crippen molar-refractivity contribution in [2.45, 2.75) is 0 Å². The van der Waals surface area contributed by atoms with Gasteiger partial charge in [-0.1, -0.05) is 60.1 Å². The predicted octanol–water partition coefficient (Wildman–Crippen LogP) is 4.91. The van der Waals surface area contributed by atoms with Gasteiger partial charge in [-0.25, -0.2) is 4.98 Å². The number of hydrogen-bond acceptors (Lipinski definition) is 2. The third-order valence-electron chi connectivity index (χ3n) is 3.94. The van der Waals surface area contributed by atoms with Gasteiger partial charge in [0.1, 0.15) is 5.82 Å². The van der Waals surface area contributed by atoms with Crippen molar-refractivity contribution in [3.8, 4) is 22.5 Å². The highest BCUT2D eigenvalue weighted by molar-refractivity contribution is 6.33. The fourth-order valence-corrected chi connectivity index (χ4v) is 3.00. The van der Waals surface area contributed by atoms with Crippen molar-refractivity contribution in [3.05, 3.63) is 88.2 Å². The zero-order valence-electron chi connectivity index (χ0n) is 12.7. The molecule has 1 aromatic heterocycles. The lowest BCUT2D eigenvalue weighted by Gasteiger charge is -2.08. The van der Waals surface area contributed by atoms with E-state index in [1.165, 1.54) is 0 Å². The summed E-state index contributed by atoms with van der Waals surface area (Å²) in [6, 6.07) is 23.0. The summed E-state index contributed by atoms with van der Waals surface area (Å²) in [4.78, 5) is 19.6. The van der Waals surface area contributed by atoms with E-state index in [9.17, 15) is 4.79 Å². The van der Waals surface area contributed by atoms with Crippen LogP contribution in [0.3, 0.4) is 0 Å². The molecule has 0 saturated heterocycles. The Morgan fingerprint density at radius 1 is 0.833 bits per heavy atom. The van der Waals surface area contributed by atoms with Crippen molar-refractivity contribution in [2.75, 3.05) is 0 Å². The smallest absolute Gasteiger partial charge is 0.259 e. The van der Waals surface area contributed by atoms with Crippen LogP contribution < -0.4 is 5.56 Å². The van der Waals surface area contributed by atoms with Crippen molar-refractivity contribution in [2.24, 2.45) is 0 Å². The molecule has 0 spiro atoms. The second kappa shape index (κ2) is 5.95. The Balaban J connectivity index is 1.84. The second-order valence-corrected chi connectivity index (χ2v) is 5.90. The van der Waals surface area contributed by atoms with E-state index in [2.05, 4.69) is 9.97 Å². The van der Waals surface area contributed by atoms with Gasteiger partial charge in [0.15, 0.2) is 0 Å². The maximum absolute atomic E-state index is 12.2. The zero-order chi connectivity index (χ0) is 16.5. The Hall–Kier alpha value is -2.91. The largest absolute Gasteiger partial charge is 0.306 e. The van der Waals surface area contributed by atoms with E-state index in [1.807, 2.05) is 66.7 Å². The topological polar surface area (TPSA) is 45.8 Å². The first-order chi connectivity index (χ1) is 11.7. The first kappa shape index (κ1) is 14.7. The number of nitrogens with one attached hydrogen (secondary N) is 1. The summed E-state index contributed by atoms with van der Waals surface area (Å²) < 4.78 is 0. The molecular formula is C20H13ClN2O. The predicted molar refractivity (Wildman–Crippen MR) is 98.2 cm³/mol. The van der Waals surface area contributed by atoms with Crippen molar-refractivity contribution >= 4 is 22.5 Å². The van der Waals surface area contributed by atoms with E-state index < -0.39 is 0 Å². The number of halogens is 1. The Labute approximate surface area is 143 Å². The molecule has 4 heteroatoms. The number of aromatic nitrogens is 2. The number of rotatable bonds is 2. The maximum Gasteiger partial charge on any atom is 0.259 e. The van der Waals surface area contributed by atoms with Gasteiger partial charge < -0.3 is 4.98 Å². The molecule has 0 unspecified atom stereocenters. The summed E-state index contributed by atoms with van der Waals surface area (Å²) in [6.45, 7) is 0. The lowest BCUT2D eigenvalue weighted by molar-refractivity contribution is 1.18. The van der Waals surface area contributed by atoms with Crippen molar-refractivity contribution in [1.29, 1.82) is 0 Å². The van der Waals surface area contributed by atoms with E-state index in [-0.39, 0.29) is 5.56 Å². The van der Waals surface area contributed by atoms with Crippen LogP contribution in [-0.4, -0.2) is 9.97 Å². The molecular weight excluding hydrogens is 320 g/mol. The Morgan fingerprint density at radius 3 is 2.38 bits per heavy atom. The summed E-state index contributed by atoms with van der Waals surface area (Å²) in [5.74, 6) is 0.475. The molecule has 4 aromatic rings. The first-order valence-corrected chi connectivity index (χ1v) is 7.94. The van der Waals surface area contributed by atoms with E-state index in [4.69, 9.17) is 11.6 Å². The summed E-state index contributed by atoms with van der Waals surface area (Å²) in [5, 5.41) is 1.12. The summed E-state index contributed by atoms with van der Waals surface area (Å²) in [7, 11) is 0. The molecule has 0 saturated carbocycles. The summed E-state index contributed by atoms with van der Waals surface area (Å²) in [5.41, 5.74) is 3.30. The highest BCUT2D eigenvalue weighted by atomic mass is 35.5. The van der Waals surface area contributed by atoms with E-state index >= 15 is 0 Å². The number of nitrogens with zero attached hydrogens (tertiary/aromatic N) is 1. The molecule has 0 aliphatic carbocycles. The second-order valence-electron chi connectivity index (χ2n) is 5.49. The first-order valence-electron chi connectivity index (χ1n) is 7.57. The Morgan fingerprint density at radius 2 is 1.58 bits per heavy atom. The minimum atomic E-state index is -0.168. The average Bonchev–Trinajstić information content (AvgIpc) is 2.62. The molecule has 1 N–H and O–H groups in total. The normalized spacial score (nSPS) is 10.9. The van der Waals surface area contributed by atoms with Gasteiger partial charge in [0.25, 0.3) is 5.56 Å². The van der Waals surface area contributed by atoms with Crippen LogP contribution in [0, 0.1) is 0 Å². The van der Waals surface area contributed by atoms with Gasteiger partial charge in [0, 0.05) is 5.56 Å². The van der Waals surface area contributed by atoms with E-state index in [1.54, 1.807) is 6.07 Å². The molecule has 4 rings (SSSR count). The summed E-state index contributed by atoms with van der Waals surface area (Å²) in [6.07, 6.45) is 0. The molecule has 0 bridgehead atoms. The minimum absolute atomic E-state index is 0.168. The minimum Gasteiger partial charge on any atom is -0.306 e. The van der Waals surface area contributed by atoms with Crippen LogP contribution in [-0.2, 0) is 0 Å². The standard InChI is InChI=1S/C20H13ClN2O/c21-17-12-14(13-6-2-1-3-7-13)10-11-15(17)19-22-18-9-5-4-8-16(18)20(24)23-19/h1-12H,(H,22,23,24). The molecule has 0 aliphatic heterocycles. The van der Waals surface area contributed by atoms with Gasteiger partial charge >= 0.3 is 0 Å². The molecule has 1 heterocycles. The molecule has 0 radical (unpaired) electrons. The van der Waals surface area contributed by atoms with Crippen LogP contribution in [0.5, 0.6) is 0 Å². The van der Waals surface area contributed by atoms with Crippen molar-refractivity contribution in [1.82, 2.24) is 9.97 Å². The number of H-pyrrole nitrogens is 1. The average molecular weight is 333 g/mol. The molecule has 3 nitrogen and oxygen atoms in total. The van der Waals surface area contributed by atoms with Gasteiger partial charge in [-0.05, 0) is 35.4 Å². The monoisotopic (exact) mass is 332 g/mol. The van der Waals surface area contributed by atoms with Gasteiger partial charge in [0.2, 0.25) is 0 Å². The molecule has 24 heavy (non-hydrogen) atoms. The third kappa shape index (κ3) is 2.59. The van der Waals surface area contributed by atoms with Gasteiger partial charge in [-0.15, -0.1) is 0 Å². The highest BCUT2D eigenvalue weighted by Crippen LogP contribution is 2.30. The van der Waals surface area contributed by atoms with Crippen molar-refractivity contribution < 1.29 is 0 Å². The van der Waals surface area contributed by atoms with Gasteiger partial charge in [0.05, 0.1) is 15.9 Å². The number of fused-ring (bicyclic) bond motifs is 1. The number of aromatic amines is 1. The van der Waals surface area contributed by atoms with Crippen LogP contribution in [0.1, 0.15) is 0 Å². The third-order valence-corrected chi connectivity index (χ3v) is 4.26. The Kier molecular flexibility index (Phi) is 3.63. The lowest BCUT2D eigenvalue weighted by Crippen LogP contribution is -2.09. The SMILES string of the molecule is O=c1[nH]c(-c2ccc(-c3ccccc3)cc2Cl)nc2ccccc12. The molecule has 3 aromatic carbocycles. The van der Waals surface area contributed by atoms with E-state index in [0.717, 1.165) is 11.1 Å². The van der Waals surface area contributed by atoms with Crippen LogP contribution in [0.2, 0.25) is 5.02 Å². The van der Waals surface area contributed by atoms with E-state index in [0.29, 0.717) is 27.3 Å². The van der Waals surface area contributed by atoms with Crippen LogP contribution in [0.15, 0.2) is 77.6 Å². The number of benzene rings is 3.